The van der Waals surface area contributed by atoms with Crippen molar-refractivity contribution in [1.82, 2.24) is 5.43 Å². The molecule has 0 unspecified atom stereocenters. The van der Waals surface area contributed by atoms with Crippen molar-refractivity contribution in [2.45, 2.75) is 18.4 Å². The Kier molecular flexibility index (Phi) is 11.5. The molecular formula is C31H28BrCl2N3O6S. The molecular weight excluding hydrogens is 693 g/mol. The van der Waals surface area contributed by atoms with Crippen molar-refractivity contribution >= 4 is 67.0 Å². The molecule has 0 aliphatic rings. The third kappa shape index (κ3) is 8.66. The Hall–Kier alpha value is -3.77. The number of sulfonamides is 1. The minimum atomic E-state index is -4.14. The Morgan fingerprint density at radius 3 is 2.20 bits per heavy atom. The molecule has 4 aromatic rings. The minimum Gasteiger partial charge on any atom is -0.494 e. The van der Waals surface area contributed by atoms with E-state index in [-0.39, 0.29) is 10.6 Å². The maximum absolute atomic E-state index is 13.6. The number of benzene rings is 4. The number of carbonyl (C=O) groups excluding carboxylic acids is 1. The van der Waals surface area contributed by atoms with E-state index in [0.717, 1.165) is 9.87 Å². The Morgan fingerprint density at radius 2 is 1.59 bits per heavy atom. The molecule has 0 bridgehead atoms. The van der Waals surface area contributed by atoms with Crippen molar-refractivity contribution < 1.29 is 27.4 Å². The predicted molar refractivity (Wildman–Crippen MR) is 176 cm³/mol. The lowest BCUT2D eigenvalue weighted by Crippen LogP contribution is -2.39. The van der Waals surface area contributed by atoms with Gasteiger partial charge in [-0.25, -0.2) is 13.8 Å². The van der Waals surface area contributed by atoms with Gasteiger partial charge in [-0.3, -0.25) is 9.10 Å². The van der Waals surface area contributed by atoms with Gasteiger partial charge in [0.2, 0.25) is 0 Å². The highest BCUT2D eigenvalue weighted by atomic mass is 79.9. The van der Waals surface area contributed by atoms with Crippen LogP contribution in [0.2, 0.25) is 10.0 Å². The van der Waals surface area contributed by atoms with Crippen LogP contribution >= 0.6 is 39.1 Å². The average molecular weight is 721 g/mol. The molecule has 0 spiro atoms. The van der Waals surface area contributed by atoms with E-state index in [2.05, 4.69) is 26.5 Å². The molecule has 13 heteroatoms. The lowest BCUT2D eigenvalue weighted by molar-refractivity contribution is -0.119. The van der Waals surface area contributed by atoms with E-state index in [1.54, 1.807) is 48.5 Å². The number of amides is 1. The number of ether oxygens (including phenoxy) is 3. The van der Waals surface area contributed by atoms with Crippen LogP contribution in [-0.2, 0) is 21.4 Å². The second-order valence-corrected chi connectivity index (χ2v) is 12.7. The monoisotopic (exact) mass is 719 g/mol. The Labute approximate surface area is 274 Å². The van der Waals surface area contributed by atoms with Crippen LogP contribution in [0.4, 0.5) is 5.69 Å². The number of nitrogens with zero attached hydrogens (tertiary/aromatic N) is 2. The zero-order valence-electron chi connectivity index (χ0n) is 23.7. The summed E-state index contributed by atoms with van der Waals surface area (Å²) in [6.45, 7) is 2.05. The summed E-state index contributed by atoms with van der Waals surface area (Å²) in [5, 5.41) is 5.04. The van der Waals surface area contributed by atoms with Crippen LogP contribution in [0, 0.1) is 0 Å². The van der Waals surface area contributed by atoms with E-state index in [1.165, 1.54) is 37.6 Å². The lowest BCUT2D eigenvalue weighted by Gasteiger charge is -2.24. The van der Waals surface area contributed by atoms with E-state index in [4.69, 9.17) is 37.4 Å². The van der Waals surface area contributed by atoms with Gasteiger partial charge in [-0.1, -0.05) is 35.3 Å². The average Bonchev–Trinajstić information content (AvgIpc) is 3.01. The highest BCUT2D eigenvalue weighted by Gasteiger charge is 2.27. The van der Waals surface area contributed by atoms with Gasteiger partial charge in [0.15, 0.2) is 11.5 Å². The van der Waals surface area contributed by atoms with Gasteiger partial charge in [-0.15, -0.1) is 0 Å². The fourth-order valence-electron chi connectivity index (χ4n) is 3.96. The Balaban J connectivity index is 1.49. The zero-order valence-corrected chi connectivity index (χ0v) is 27.6. The molecule has 0 aliphatic carbocycles. The van der Waals surface area contributed by atoms with Crippen LogP contribution in [-0.4, -0.2) is 40.8 Å². The topological polar surface area (TPSA) is 107 Å². The van der Waals surface area contributed by atoms with Crippen molar-refractivity contribution in [1.29, 1.82) is 0 Å². The molecule has 0 aliphatic heterocycles. The maximum Gasteiger partial charge on any atom is 0.264 e. The van der Waals surface area contributed by atoms with Crippen LogP contribution in [0.15, 0.2) is 99.4 Å². The largest absolute Gasteiger partial charge is 0.494 e. The van der Waals surface area contributed by atoms with Gasteiger partial charge in [0.05, 0.1) is 35.0 Å². The van der Waals surface area contributed by atoms with Gasteiger partial charge in [-0.05, 0) is 107 Å². The summed E-state index contributed by atoms with van der Waals surface area (Å²) in [6.07, 6.45) is 1.41. The first-order valence-corrected chi connectivity index (χ1v) is 16.2. The van der Waals surface area contributed by atoms with E-state index >= 15 is 0 Å². The normalized spacial score (nSPS) is 11.3. The van der Waals surface area contributed by atoms with Gasteiger partial charge in [0.25, 0.3) is 15.9 Å². The first-order valence-electron chi connectivity index (χ1n) is 13.2. The van der Waals surface area contributed by atoms with Gasteiger partial charge in [0, 0.05) is 10.0 Å². The maximum atomic E-state index is 13.6. The first kappa shape index (κ1) is 33.1. The summed E-state index contributed by atoms with van der Waals surface area (Å²) in [4.78, 5) is 12.9. The number of hydrazone groups is 1. The number of rotatable bonds is 13. The van der Waals surface area contributed by atoms with Crippen molar-refractivity contribution in [3.8, 4) is 17.2 Å². The fraction of sp³-hybridized carbons (Fsp3) is 0.161. The van der Waals surface area contributed by atoms with Gasteiger partial charge in [-0.2, -0.15) is 5.10 Å². The third-order valence-corrected chi connectivity index (χ3v) is 8.96. The molecule has 0 saturated carbocycles. The van der Waals surface area contributed by atoms with Crippen LogP contribution in [0.25, 0.3) is 0 Å². The highest BCUT2D eigenvalue weighted by molar-refractivity contribution is 9.10. The molecule has 0 radical (unpaired) electrons. The molecule has 9 nitrogen and oxygen atoms in total. The van der Waals surface area contributed by atoms with Crippen LogP contribution in [0.5, 0.6) is 17.2 Å². The highest BCUT2D eigenvalue weighted by Crippen LogP contribution is 2.37. The number of hydrogen-bond donors (Lipinski definition) is 1. The number of nitrogens with one attached hydrogen (secondary N) is 1. The number of halogens is 3. The number of carbonyl (C=O) groups is 1. The van der Waals surface area contributed by atoms with E-state index in [9.17, 15) is 13.2 Å². The van der Waals surface area contributed by atoms with Gasteiger partial charge < -0.3 is 14.2 Å². The second-order valence-electron chi connectivity index (χ2n) is 9.13. The fourth-order valence-corrected chi connectivity index (χ4v) is 6.21. The Bertz CT molecular complexity index is 1720. The summed E-state index contributed by atoms with van der Waals surface area (Å²) >= 11 is 15.4. The van der Waals surface area contributed by atoms with E-state index in [1.807, 2.05) is 19.1 Å². The molecule has 0 aromatic heterocycles. The Morgan fingerprint density at radius 1 is 0.955 bits per heavy atom. The van der Waals surface area contributed by atoms with Gasteiger partial charge in [0.1, 0.15) is 18.9 Å². The molecule has 0 saturated heterocycles. The molecule has 230 valence electrons. The van der Waals surface area contributed by atoms with Crippen molar-refractivity contribution in [3.63, 3.8) is 0 Å². The standard InChI is InChI=1S/C31H28BrCl2N3O6S/c1-3-42-26-12-10-25(11-13-26)37(44(39,40)27-14-8-24(34)9-15-27)19-30(38)36-35-18-22-16-28(32)31(29(17-22)41-2)43-20-21-4-6-23(33)7-5-21/h4-18H,3,19-20H2,1-2H3,(H,36,38)/b35-18-. The molecule has 44 heavy (non-hydrogen) atoms. The van der Waals surface area contributed by atoms with E-state index < -0.39 is 22.5 Å². The predicted octanol–water partition coefficient (Wildman–Crippen LogP) is 7.09. The summed E-state index contributed by atoms with van der Waals surface area (Å²) in [6, 6.07) is 22.8. The minimum absolute atomic E-state index is 0.0256. The third-order valence-electron chi connectivity index (χ3n) is 6.08. The first-order chi connectivity index (χ1) is 21.1. The smallest absolute Gasteiger partial charge is 0.264 e. The molecule has 0 heterocycles. The van der Waals surface area contributed by atoms with Crippen LogP contribution in [0.3, 0.4) is 0 Å². The van der Waals surface area contributed by atoms with E-state index in [0.29, 0.717) is 50.5 Å². The van der Waals surface area contributed by atoms with Crippen LogP contribution in [0.1, 0.15) is 18.1 Å². The number of methoxy groups -OCH3 is 1. The number of anilines is 1. The lowest BCUT2D eigenvalue weighted by atomic mass is 10.2. The molecule has 4 rings (SSSR count). The van der Waals surface area contributed by atoms with Crippen molar-refractivity contribution in [2.75, 3.05) is 24.6 Å². The van der Waals surface area contributed by atoms with Crippen molar-refractivity contribution in [2.24, 2.45) is 5.10 Å². The summed E-state index contributed by atoms with van der Waals surface area (Å²) in [5.74, 6) is 0.831. The summed E-state index contributed by atoms with van der Waals surface area (Å²) < 4.78 is 45.7. The molecule has 0 fully saturated rings. The second kappa shape index (κ2) is 15.3. The molecule has 4 aromatic carbocycles. The van der Waals surface area contributed by atoms with Gasteiger partial charge >= 0.3 is 0 Å². The molecule has 1 N–H and O–H groups in total. The number of hydrogen-bond acceptors (Lipinski definition) is 7. The molecule has 0 atom stereocenters. The van der Waals surface area contributed by atoms with Crippen molar-refractivity contribution in [3.05, 3.63) is 111 Å². The zero-order chi connectivity index (χ0) is 31.7. The summed E-state index contributed by atoms with van der Waals surface area (Å²) in [5.41, 5.74) is 4.18. The molecule has 1 amide bonds. The van der Waals surface area contributed by atoms with Crippen LogP contribution < -0.4 is 23.9 Å². The SMILES string of the molecule is CCOc1ccc(N(CC(=O)N/N=C\c2cc(Br)c(OCc3ccc(Cl)cc3)c(OC)c2)S(=O)(=O)c2ccc(Cl)cc2)cc1. The quantitative estimate of drug-likeness (QED) is 0.117. The summed E-state index contributed by atoms with van der Waals surface area (Å²) in [7, 11) is -2.63.